The van der Waals surface area contributed by atoms with Gasteiger partial charge in [0.25, 0.3) is 5.91 Å². The summed E-state index contributed by atoms with van der Waals surface area (Å²) in [5.74, 6) is 0.388. The number of alkyl halides is 1. The quantitative estimate of drug-likeness (QED) is 0.226. The number of aromatic nitrogens is 4. The molecule has 45 heavy (non-hydrogen) atoms. The van der Waals surface area contributed by atoms with Crippen molar-refractivity contribution in [2.45, 2.75) is 44.8 Å². The van der Waals surface area contributed by atoms with Gasteiger partial charge in [-0.2, -0.15) is 5.10 Å². The van der Waals surface area contributed by atoms with Crippen molar-refractivity contribution in [1.29, 1.82) is 0 Å². The van der Waals surface area contributed by atoms with Gasteiger partial charge in [0.1, 0.15) is 17.5 Å². The Bertz CT molecular complexity index is 1700. The molecule has 2 aromatic heterocycles. The van der Waals surface area contributed by atoms with Crippen LogP contribution in [0.5, 0.6) is 0 Å². The van der Waals surface area contributed by atoms with E-state index in [0.717, 1.165) is 28.1 Å². The maximum atomic E-state index is 14.7. The number of carbonyl (C=O) groups is 2. The standard InChI is InChI=1S/C32H33ClFN7O3S/c1-19-28(20(2)40-39-19)21-3-6-24(7-4-21)36-29(42)27(37-30(43)32(34)10-11-32)18-23-17-22(5-8-25(23)33)26-9-12-35-31(38-26)41-13-15-45(44)16-14-41/h3-9,12,17,27H,10-11,13-16,18H2,1-2H3,(H,36,42)(H,37,43)(H,39,40)/t27-/m0/s1. The summed E-state index contributed by atoms with van der Waals surface area (Å²) in [4.78, 5) is 37.5. The van der Waals surface area contributed by atoms with Crippen LogP contribution in [0, 0.1) is 13.8 Å². The first-order chi connectivity index (χ1) is 21.6. The lowest BCUT2D eigenvalue weighted by atomic mass is 10.0. The highest BCUT2D eigenvalue weighted by molar-refractivity contribution is 7.91. The fraction of sp³-hybridized carbons (Fsp3) is 0.344. The number of aryl methyl sites for hydroxylation is 2. The SMILES string of the molecule is Cc1n[nH]c(C)c1-c1ccc(NC(=O)[C@H](Cc2cc(-c3ccnc(N4CC[S+]([O-])CC4)n3)ccc2Cl)NC(=O)C2(F)CC2)cc1. The zero-order valence-electron chi connectivity index (χ0n) is 24.9. The van der Waals surface area contributed by atoms with Gasteiger partial charge in [-0.3, -0.25) is 14.7 Å². The van der Waals surface area contributed by atoms with Crippen LogP contribution >= 0.6 is 11.6 Å². The molecular weight excluding hydrogens is 617 g/mol. The van der Waals surface area contributed by atoms with E-state index >= 15 is 0 Å². The van der Waals surface area contributed by atoms with Gasteiger partial charge in [-0.1, -0.05) is 41.0 Å². The van der Waals surface area contributed by atoms with Gasteiger partial charge in [-0.05, 0) is 68.1 Å². The Morgan fingerprint density at radius 1 is 1.11 bits per heavy atom. The molecule has 1 atom stereocenters. The number of aromatic amines is 1. The Balaban J connectivity index is 1.22. The highest BCUT2D eigenvalue weighted by atomic mass is 35.5. The minimum Gasteiger partial charge on any atom is -0.616 e. The molecule has 234 valence electrons. The highest BCUT2D eigenvalue weighted by Gasteiger charge is 2.51. The second-order valence-electron chi connectivity index (χ2n) is 11.5. The molecule has 0 unspecified atom stereocenters. The van der Waals surface area contributed by atoms with Crippen molar-refractivity contribution in [3.63, 3.8) is 0 Å². The normalized spacial score (nSPS) is 16.7. The molecule has 2 fully saturated rings. The summed E-state index contributed by atoms with van der Waals surface area (Å²) in [6.45, 7) is 5.08. The fourth-order valence-electron chi connectivity index (χ4n) is 5.37. The number of rotatable bonds is 9. The van der Waals surface area contributed by atoms with Gasteiger partial charge in [0.2, 0.25) is 11.9 Å². The van der Waals surface area contributed by atoms with Crippen molar-refractivity contribution >= 4 is 46.2 Å². The van der Waals surface area contributed by atoms with Gasteiger partial charge >= 0.3 is 0 Å². The molecule has 3 heterocycles. The molecule has 10 nitrogen and oxygen atoms in total. The van der Waals surface area contributed by atoms with Crippen molar-refractivity contribution in [2.75, 3.05) is 34.8 Å². The number of benzene rings is 2. The summed E-state index contributed by atoms with van der Waals surface area (Å²) in [6, 6.07) is 13.4. The lowest BCUT2D eigenvalue weighted by Gasteiger charge is -2.28. The van der Waals surface area contributed by atoms with E-state index in [1.54, 1.807) is 30.5 Å². The van der Waals surface area contributed by atoms with E-state index in [4.69, 9.17) is 16.6 Å². The zero-order chi connectivity index (χ0) is 31.7. The smallest absolute Gasteiger partial charge is 0.258 e. The molecule has 0 spiro atoms. The molecule has 2 amide bonds. The van der Waals surface area contributed by atoms with E-state index in [1.807, 2.05) is 43.0 Å². The molecular formula is C32H33ClFN7O3S. The molecule has 0 bridgehead atoms. The third-order valence-electron chi connectivity index (χ3n) is 8.16. The van der Waals surface area contributed by atoms with Crippen LogP contribution in [-0.2, 0) is 27.2 Å². The Labute approximate surface area is 268 Å². The van der Waals surface area contributed by atoms with E-state index in [2.05, 4.69) is 25.8 Å². The van der Waals surface area contributed by atoms with E-state index in [0.29, 0.717) is 52.5 Å². The lowest BCUT2D eigenvalue weighted by Crippen LogP contribution is -2.48. The van der Waals surface area contributed by atoms with Crippen LogP contribution in [0.15, 0.2) is 54.7 Å². The summed E-state index contributed by atoms with van der Waals surface area (Å²) in [5.41, 5.74) is 4.31. The monoisotopic (exact) mass is 649 g/mol. The third kappa shape index (κ3) is 6.98. The van der Waals surface area contributed by atoms with Crippen LogP contribution < -0.4 is 15.5 Å². The van der Waals surface area contributed by atoms with Gasteiger partial charge in [-0.15, -0.1) is 0 Å². The number of amides is 2. The first-order valence-electron chi connectivity index (χ1n) is 14.7. The van der Waals surface area contributed by atoms with Gasteiger partial charge < -0.3 is 20.1 Å². The molecule has 1 aliphatic heterocycles. The first kappa shape index (κ1) is 31.0. The molecule has 2 aliphatic rings. The summed E-state index contributed by atoms with van der Waals surface area (Å²) < 4.78 is 26.5. The lowest BCUT2D eigenvalue weighted by molar-refractivity contribution is -0.131. The number of hydrogen-bond donors (Lipinski definition) is 3. The van der Waals surface area contributed by atoms with Crippen molar-refractivity contribution < 1.29 is 18.5 Å². The van der Waals surface area contributed by atoms with Crippen LogP contribution in [0.1, 0.15) is 29.8 Å². The first-order valence-corrected chi connectivity index (χ1v) is 16.6. The summed E-state index contributed by atoms with van der Waals surface area (Å²) >= 11 is 5.77. The Hall–Kier alpha value is -4.00. The number of carbonyl (C=O) groups excluding carboxylic acids is 2. The second kappa shape index (κ2) is 12.8. The minimum absolute atomic E-state index is 0.0295. The number of H-pyrrole nitrogens is 1. The molecule has 3 N–H and O–H groups in total. The Morgan fingerprint density at radius 3 is 2.49 bits per heavy atom. The molecule has 2 aromatic carbocycles. The maximum Gasteiger partial charge on any atom is 0.258 e. The van der Waals surface area contributed by atoms with Crippen molar-refractivity contribution in [2.24, 2.45) is 0 Å². The summed E-state index contributed by atoms with van der Waals surface area (Å²) in [5, 5.41) is 13.1. The molecule has 0 radical (unpaired) electrons. The largest absolute Gasteiger partial charge is 0.616 e. The molecule has 6 rings (SSSR count). The third-order valence-corrected chi connectivity index (χ3v) is 9.80. The number of anilines is 2. The van der Waals surface area contributed by atoms with Gasteiger partial charge in [0.05, 0.1) is 24.5 Å². The molecule has 4 aromatic rings. The van der Waals surface area contributed by atoms with Crippen molar-refractivity contribution in [3.05, 3.63) is 76.7 Å². The predicted octanol–water partition coefficient (Wildman–Crippen LogP) is 4.54. The van der Waals surface area contributed by atoms with Crippen LogP contribution in [0.4, 0.5) is 16.0 Å². The summed E-state index contributed by atoms with van der Waals surface area (Å²) in [7, 11) is 0. The minimum atomic E-state index is -1.95. The molecule has 1 saturated carbocycles. The summed E-state index contributed by atoms with van der Waals surface area (Å²) in [6.07, 6.45) is 1.95. The fourth-order valence-corrected chi connectivity index (χ4v) is 6.62. The van der Waals surface area contributed by atoms with E-state index in [-0.39, 0.29) is 19.3 Å². The van der Waals surface area contributed by atoms with Crippen LogP contribution in [0.3, 0.4) is 0 Å². The van der Waals surface area contributed by atoms with Gasteiger partial charge in [0.15, 0.2) is 5.67 Å². The predicted molar refractivity (Wildman–Crippen MR) is 173 cm³/mol. The van der Waals surface area contributed by atoms with Crippen LogP contribution in [-0.4, -0.2) is 72.8 Å². The number of nitrogens with one attached hydrogen (secondary N) is 3. The maximum absolute atomic E-state index is 14.7. The number of nitrogens with zero attached hydrogens (tertiary/aromatic N) is 4. The van der Waals surface area contributed by atoms with Crippen molar-refractivity contribution in [1.82, 2.24) is 25.5 Å². The van der Waals surface area contributed by atoms with Crippen LogP contribution in [0.25, 0.3) is 22.4 Å². The van der Waals surface area contributed by atoms with E-state index in [1.165, 1.54) is 0 Å². The molecule has 13 heteroatoms. The van der Waals surface area contributed by atoms with Gasteiger partial charge in [-0.25, -0.2) is 14.4 Å². The second-order valence-corrected chi connectivity index (χ2v) is 13.6. The van der Waals surface area contributed by atoms with Gasteiger partial charge in [0, 0.05) is 40.1 Å². The Morgan fingerprint density at radius 2 is 1.82 bits per heavy atom. The molecule has 1 aliphatic carbocycles. The number of hydrogen-bond acceptors (Lipinski definition) is 7. The highest BCUT2D eigenvalue weighted by Crippen LogP contribution is 2.40. The number of halogens is 2. The zero-order valence-corrected chi connectivity index (χ0v) is 26.5. The Kier molecular flexibility index (Phi) is 8.80. The van der Waals surface area contributed by atoms with Crippen molar-refractivity contribution in [3.8, 4) is 22.4 Å². The topological polar surface area (TPSA) is 139 Å². The van der Waals surface area contributed by atoms with Crippen LogP contribution in [0.2, 0.25) is 5.02 Å². The van der Waals surface area contributed by atoms with E-state index < -0.39 is 34.7 Å². The average Bonchev–Trinajstić information content (AvgIpc) is 3.71. The van der Waals surface area contributed by atoms with E-state index in [9.17, 15) is 18.5 Å². The molecule has 1 saturated heterocycles. The average molecular weight is 650 g/mol.